The molecule has 0 aromatic heterocycles. The molecule has 0 amide bonds. The summed E-state index contributed by atoms with van der Waals surface area (Å²) in [6.45, 7) is 8.16. The second kappa shape index (κ2) is 25.1. The van der Waals surface area contributed by atoms with E-state index in [0.717, 1.165) is 22.3 Å². The van der Waals surface area contributed by atoms with Gasteiger partial charge in [-0.2, -0.15) is 19.1 Å². The zero-order chi connectivity index (χ0) is 44.0. The smallest absolute Gasteiger partial charge is 0.218 e. The van der Waals surface area contributed by atoms with Crippen molar-refractivity contribution in [3.05, 3.63) is 145 Å². The van der Waals surface area contributed by atoms with Crippen LogP contribution in [0.3, 0.4) is 0 Å². The summed E-state index contributed by atoms with van der Waals surface area (Å²) >= 11 is 0. The van der Waals surface area contributed by atoms with Crippen molar-refractivity contribution in [2.24, 2.45) is 0 Å². The third-order valence-corrected chi connectivity index (χ3v) is 14.1. The number of allylic oxidation sites excluding steroid dienone is 2. The van der Waals surface area contributed by atoms with Crippen molar-refractivity contribution < 1.29 is 35.8 Å². The summed E-state index contributed by atoms with van der Waals surface area (Å²) in [7, 11) is -1.11. The molecule has 12 nitrogen and oxygen atoms in total. The normalized spacial score (nSPS) is 12.2. The van der Waals surface area contributed by atoms with E-state index in [9.17, 15) is 27.4 Å². The fourth-order valence-electron chi connectivity index (χ4n) is 6.16. The topological polar surface area (TPSA) is 159 Å². The molecule has 0 aliphatic carbocycles. The Balaban J connectivity index is 0.000000320. The second-order valence-electron chi connectivity index (χ2n) is 13.7. The summed E-state index contributed by atoms with van der Waals surface area (Å²) in [6.07, 6.45) is 5.03. The first kappa shape index (κ1) is 48.7. The van der Waals surface area contributed by atoms with E-state index in [1.54, 1.807) is 89.1 Å². The maximum absolute atomic E-state index is 13.5. The van der Waals surface area contributed by atoms with E-state index in [-0.39, 0.29) is 39.0 Å². The van der Waals surface area contributed by atoms with Crippen LogP contribution in [0.2, 0.25) is 0 Å². The summed E-state index contributed by atoms with van der Waals surface area (Å²) in [5.74, 6) is 2.82. The van der Waals surface area contributed by atoms with Crippen molar-refractivity contribution in [1.82, 2.24) is 8.61 Å². The van der Waals surface area contributed by atoms with Crippen LogP contribution in [0.4, 0.5) is 0 Å². The van der Waals surface area contributed by atoms with E-state index in [1.165, 1.54) is 8.61 Å². The molecule has 0 unspecified atom stereocenters. The van der Waals surface area contributed by atoms with Crippen molar-refractivity contribution in [1.29, 1.82) is 10.5 Å². The summed E-state index contributed by atoms with van der Waals surface area (Å²) in [6, 6.07) is 33.2. The van der Waals surface area contributed by atoms with E-state index in [1.807, 2.05) is 60.7 Å². The number of sulfonamides is 2. The van der Waals surface area contributed by atoms with Gasteiger partial charge in [0.15, 0.2) is 0 Å². The molecular weight excluding hydrogens is 801 g/mol. The highest BCUT2D eigenvalue weighted by Crippen LogP contribution is 2.26. The van der Waals surface area contributed by atoms with Gasteiger partial charge in [0.2, 0.25) is 20.0 Å². The van der Waals surface area contributed by atoms with Crippen molar-refractivity contribution >= 4 is 20.0 Å². The van der Waals surface area contributed by atoms with E-state index in [0.29, 0.717) is 48.7 Å². The van der Waals surface area contributed by atoms with Crippen LogP contribution in [0, 0.1) is 22.7 Å². The Kier molecular flexibility index (Phi) is 20.4. The average molecular weight is 857 g/mol. The number of methoxy groups -OCH3 is 4. The Hall–Kier alpha value is -5.64. The lowest BCUT2D eigenvalue weighted by Crippen LogP contribution is -2.38. The van der Waals surface area contributed by atoms with E-state index in [4.69, 9.17) is 18.9 Å². The number of nitrogens with zero attached hydrogens (tertiary/aromatic N) is 4. The lowest BCUT2D eigenvalue weighted by molar-refractivity contribution is 0.388. The summed E-state index contributed by atoms with van der Waals surface area (Å²) in [5, 5.41) is 16.8. The zero-order valence-electron chi connectivity index (χ0n) is 34.9. The van der Waals surface area contributed by atoms with Gasteiger partial charge >= 0.3 is 0 Å². The van der Waals surface area contributed by atoms with Crippen molar-refractivity contribution in [2.45, 2.75) is 75.2 Å². The molecule has 4 aromatic rings. The highest BCUT2D eigenvalue weighted by atomic mass is 32.2. The first-order chi connectivity index (χ1) is 28.9. The molecule has 4 aromatic carbocycles. The lowest BCUT2D eigenvalue weighted by atomic mass is 10.2. The van der Waals surface area contributed by atoms with Gasteiger partial charge in [-0.15, -0.1) is 13.2 Å². The molecule has 0 aliphatic heterocycles. The van der Waals surface area contributed by atoms with Crippen LogP contribution in [0.5, 0.6) is 23.0 Å². The predicted molar refractivity (Wildman–Crippen MR) is 235 cm³/mol. The molecule has 320 valence electrons. The van der Waals surface area contributed by atoms with Crippen molar-refractivity contribution in [3.8, 4) is 35.1 Å². The van der Waals surface area contributed by atoms with Gasteiger partial charge in [0.25, 0.3) is 0 Å². The third-order valence-electron chi connectivity index (χ3n) is 9.66. The summed E-state index contributed by atoms with van der Waals surface area (Å²) in [5.41, 5.74) is 3.36. The molecule has 4 rings (SSSR count). The Morgan fingerprint density at radius 3 is 0.917 bits per heavy atom. The molecule has 0 bridgehead atoms. The molecule has 0 N–H and O–H groups in total. The highest BCUT2D eigenvalue weighted by molar-refractivity contribution is 7.90. The van der Waals surface area contributed by atoms with Crippen molar-refractivity contribution in [2.75, 3.05) is 28.4 Å². The highest BCUT2D eigenvalue weighted by Gasteiger charge is 2.33. The molecular formula is C46H56N4O8S2. The SMILES string of the molecule is C=CCC[C@@H](CC#N)S(=O)(=O)N(Cc1ccc(OC)cc1)Cc1ccc(OC)cc1.C=CCC[C@H](CC#N)S(=O)(=O)N(Cc1ccc(OC)cc1)Cc1ccc(OC)cc1. The van der Waals surface area contributed by atoms with Crippen LogP contribution in [0.15, 0.2) is 122 Å². The van der Waals surface area contributed by atoms with Gasteiger partial charge in [-0.05, 0) is 96.5 Å². The largest absolute Gasteiger partial charge is 0.497 e. The number of hydrogen-bond donors (Lipinski definition) is 0. The number of benzene rings is 4. The fraction of sp³-hybridized carbons (Fsp3) is 0.348. The van der Waals surface area contributed by atoms with Gasteiger partial charge in [-0.1, -0.05) is 60.7 Å². The molecule has 14 heteroatoms. The van der Waals surface area contributed by atoms with Gasteiger partial charge < -0.3 is 18.9 Å². The number of ether oxygens (including phenoxy) is 4. The van der Waals surface area contributed by atoms with Crippen LogP contribution in [0.1, 0.15) is 60.8 Å². The number of rotatable bonds is 24. The molecule has 2 atom stereocenters. The van der Waals surface area contributed by atoms with E-state index < -0.39 is 30.5 Å². The van der Waals surface area contributed by atoms with Gasteiger partial charge in [0.05, 0.1) is 63.9 Å². The fourth-order valence-corrected chi connectivity index (χ4v) is 9.75. The first-order valence-corrected chi connectivity index (χ1v) is 22.3. The Bertz CT molecular complexity index is 1960. The van der Waals surface area contributed by atoms with Gasteiger partial charge in [-0.25, -0.2) is 16.8 Å². The van der Waals surface area contributed by atoms with Crippen LogP contribution < -0.4 is 18.9 Å². The Labute approximate surface area is 357 Å². The Morgan fingerprint density at radius 1 is 0.500 bits per heavy atom. The molecule has 0 heterocycles. The quantitative estimate of drug-likeness (QED) is 0.0625. The van der Waals surface area contributed by atoms with Gasteiger partial charge in [-0.3, -0.25) is 0 Å². The average Bonchev–Trinajstić information content (AvgIpc) is 3.27. The van der Waals surface area contributed by atoms with Crippen molar-refractivity contribution in [3.63, 3.8) is 0 Å². The number of hydrogen-bond acceptors (Lipinski definition) is 10. The zero-order valence-corrected chi connectivity index (χ0v) is 36.5. The van der Waals surface area contributed by atoms with E-state index >= 15 is 0 Å². The van der Waals surface area contributed by atoms with Gasteiger partial charge in [0.1, 0.15) is 23.0 Å². The van der Waals surface area contributed by atoms with E-state index in [2.05, 4.69) is 13.2 Å². The van der Waals surface area contributed by atoms with Crippen LogP contribution in [-0.4, -0.2) is 64.4 Å². The molecule has 0 spiro atoms. The van der Waals surface area contributed by atoms with Crippen LogP contribution in [0.25, 0.3) is 0 Å². The molecule has 0 saturated carbocycles. The van der Waals surface area contributed by atoms with Crippen LogP contribution >= 0.6 is 0 Å². The Morgan fingerprint density at radius 2 is 0.733 bits per heavy atom. The monoisotopic (exact) mass is 856 g/mol. The maximum atomic E-state index is 13.5. The molecule has 0 saturated heterocycles. The minimum atomic E-state index is -3.72. The molecule has 60 heavy (non-hydrogen) atoms. The third kappa shape index (κ3) is 14.9. The summed E-state index contributed by atoms with van der Waals surface area (Å²) in [4.78, 5) is 0. The lowest BCUT2D eigenvalue weighted by Gasteiger charge is -2.27. The van der Waals surface area contributed by atoms with Gasteiger partial charge in [0, 0.05) is 26.2 Å². The standard InChI is InChI=1S/2C23H28N2O4S/c2*1-4-5-6-23(15-16-24)30(26,27)25(17-19-7-11-21(28-2)12-8-19)18-20-9-13-22(29-3)14-10-20/h2*4,7-14,23H,1,5-6,15,17-18H2,2-3H3/t2*23-/m10/s1. The minimum Gasteiger partial charge on any atom is -0.497 e. The minimum absolute atomic E-state index is 0.0576. The predicted octanol–water partition coefficient (Wildman–Crippen LogP) is 8.57. The summed E-state index contributed by atoms with van der Waals surface area (Å²) < 4.78 is 77.5. The maximum Gasteiger partial charge on any atom is 0.218 e. The molecule has 0 aliphatic rings. The van der Waals surface area contributed by atoms with Crippen LogP contribution in [-0.2, 0) is 46.2 Å². The first-order valence-electron chi connectivity index (χ1n) is 19.3. The molecule has 0 radical (unpaired) electrons. The molecule has 0 fully saturated rings. The number of nitriles is 2. The second-order valence-corrected chi connectivity index (χ2v) is 18.1.